The molecule has 36 heavy (non-hydrogen) atoms. The molecule has 7 heteroatoms. The molecule has 0 atom stereocenters. The van der Waals surface area contributed by atoms with E-state index in [0.29, 0.717) is 61.5 Å². The van der Waals surface area contributed by atoms with E-state index in [0.717, 1.165) is 0 Å². The average Bonchev–Trinajstić information content (AvgIpc) is 2.87. The van der Waals surface area contributed by atoms with Crippen LogP contribution in [-0.2, 0) is 4.74 Å². The van der Waals surface area contributed by atoms with Gasteiger partial charge in [0.05, 0.1) is 18.8 Å². The first-order chi connectivity index (χ1) is 17.4. The molecule has 0 saturated heterocycles. The van der Waals surface area contributed by atoms with Crippen LogP contribution in [0, 0.1) is 17.5 Å². The van der Waals surface area contributed by atoms with E-state index >= 15 is 0 Å². The highest BCUT2D eigenvalue weighted by Gasteiger charge is 2.28. The van der Waals surface area contributed by atoms with Gasteiger partial charge in [0, 0.05) is 11.6 Å². The van der Waals surface area contributed by atoms with Crippen molar-refractivity contribution >= 4 is 5.97 Å². The van der Waals surface area contributed by atoms with Crippen molar-refractivity contribution in [2.75, 3.05) is 13.2 Å². The second kappa shape index (κ2) is 11.5. The normalized spacial score (nSPS) is 17.5. The number of esters is 1. The molecule has 1 aliphatic rings. The number of carbonyl (C=O) groups is 1. The van der Waals surface area contributed by atoms with Gasteiger partial charge in [-0.2, -0.15) is 0 Å². The molecule has 3 aromatic carbocycles. The van der Waals surface area contributed by atoms with Crippen molar-refractivity contribution in [3.8, 4) is 22.6 Å². The summed E-state index contributed by atoms with van der Waals surface area (Å²) in [6, 6.07) is 14.1. The number of ether oxygens (including phenoxy) is 3. The minimum atomic E-state index is -1.24. The van der Waals surface area contributed by atoms with Gasteiger partial charge < -0.3 is 14.2 Å². The fraction of sp³-hybridized carbons (Fsp3) is 0.345. The highest BCUT2D eigenvalue weighted by Crippen LogP contribution is 2.37. The van der Waals surface area contributed by atoms with E-state index in [1.54, 1.807) is 36.4 Å². The highest BCUT2D eigenvalue weighted by molar-refractivity contribution is 5.90. The molecule has 0 N–H and O–H groups in total. The standard InChI is InChI=1S/C29H29F3O4/c1-3-34-20-9-5-19(6-10-20)24-15-16-25(28(32)27(24)31)29(33)36-21-11-7-18(8-12-21)23-14-13-22(35-4-2)17-26(23)30/h5-6,9-10,13-18,21H,3-4,7-8,11-12H2,1-2H3. The smallest absolute Gasteiger partial charge is 0.341 e. The van der Waals surface area contributed by atoms with E-state index in [2.05, 4.69) is 0 Å². The number of benzene rings is 3. The molecule has 0 radical (unpaired) electrons. The molecule has 0 amide bonds. The van der Waals surface area contributed by atoms with Gasteiger partial charge in [-0.05, 0) is 80.8 Å². The Labute approximate surface area is 209 Å². The Morgan fingerprint density at radius 2 is 1.44 bits per heavy atom. The summed E-state index contributed by atoms with van der Waals surface area (Å²) in [6.45, 7) is 4.66. The van der Waals surface area contributed by atoms with Crippen LogP contribution in [-0.4, -0.2) is 25.3 Å². The molecule has 0 unspecified atom stereocenters. The van der Waals surface area contributed by atoms with E-state index in [4.69, 9.17) is 14.2 Å². The van der Waals surface area contributed by atoms with Crippen LogP contribution >= 0.6 is 0 Å². The van der Waals surface area contributed by atoms with Crippen molar-refractivity contribution in [2.24, 2.45) is 0 Å². The Morgan fingerprint density at radius 3 is 2.08 bits per heavy atom. The van der Waals surface area contributed by atoms with Gasteiger partial charge >= 0.3 is 5.97 Å². The van der Waals surface area contributed by atoms with E-state index in [1.807, 2.05) is 13.8 Å². The van der Waals surface area contributed by atoms with Crippen LogP contribution in [0.4, 0.5) is 13.2 Å². The summed E-state index contributed by atoms with van der Waals surface area (Å²) < 4.78 is 60.4. The minimum Gasteiger partial charge on any atom is -0.494 e. The van der Waals surface area contributed by atoms with Crippen LogP contribution in [0.3, 0.4) is 0 Å². The van der Waals surface area contributed by atoms with E-state index in [9.17, 15) is 18.0 Å². The third-order valence-corrected chi connectivity index (χ3v) is 6.45. The molecule has 0 bridgehead atoms. The number of hydrogen-bond acceptors (Lipinski definition) is 4. The summed E-state index contributed by atoms with van der Waals surface area (Å²) in [5, 5.41) is 0. The zero-order valence-electron chi connectivity index (χ0n) is 20.4. The van der Waals surface area contributed by atoms with Crippen LogP contribution in [0.25, 0.3) is 11.1 Å². The maximum absolute atomic E-state index is 14.8. The van der Waals surface area contributed by atoms with E-state index in [1.165, 1.54) is 18.2 Å². The van der Waals surface area contributed by atoms with Gasteiger partial charge in [-0.15, -0.1) is 0 Å². The van der Waals surface area contributed by atoms with Gasteiger partial charge in [0.1, 0.15) is 23.4 Å². The summed E-state index contributed by atoms with van der Waals surface area (Å²) in [4.78, 5) is 12.6. The predicted molar refractivity (Wildman–Crippen MR) is 131 cm³/mol. The highest BCUT2D eigenvalue weighted by atomic mass is 19.2. The molecular weight excluding hydrogens is 469 g/mol. The summed E-state index contributed by atoms with van der Waals surface area (Å²) in [7, 11) is 0. The fourth-order valence-corrected chi connectivity index (χ4v) is 4.63. The van der Waals surface area contributed by atoms with Crippen molar-refractivity contribution in [1.29, 1.82) is 0 Å². The molecule has 4 rings (SSSR count). The summed E-state index contributed by atoms with van der Waals surface area (Å²) in [6.07, 6.45) is 1.83. The zero-order valence-corrected chi connectivity index (χ0v) is 20.4. The number of halogens is 3. The molecule has 0 aromatic heterocycles. The largest absolute Gasteiger partial charge is 0.494 e. The van der Waals surface area contributed by atoms with Gasteiger partial charge in [0.15, 0.2) is 11.6 Å². The monoisotopic (exact) mass is 498 g/mol. The first-order valence-electron chi connectivity index (χ1n) is 12.3. The fourth-order valence-electron chi connectivity index (χ4n) is 4.63. The molecule has 4 nitrogen and oxygen atoms in total. The van der Waals surface area contributed by atoms with E-state index < -0.39 is 29.3 Å². The van der Waals surface area contributed by atoms with Gasteiger partial charge in [0.25, 0.3) is 0 Å². The molecule has 0 heterocycles. The molecule has 1 fully saturated rings. The predicted octanol–water partition coefficient (Wildman–Crippen LogP) is 7.45. The Morgan fingerprint density at radius 1 is 0.806 bits per heavy atom. The maximum atomic E-state index is 14.8. The van der Waals surface area contributed by atoms with Crippen molar-refractivity contribution < 1.29 is 32.2 Å². The van der Waals surface area contributed by atoms with Crippen molar-refractivity contribution in [3.63, 3.8) is 0 Å². The van der Waals surface area contributed by atoms with Crippen molar-refractivity contribution in [1.82, 2.24) is 0 Å². The molecule has 1 aliphatic carbocycles. The average molecular weight is 499 g/mol. The van der Waals surface area contributed by atoms with Gasteiger partial charge in [-0.25, -0.2) is 18.0 Å². The van der Waals surface area contributed by atoms with Crippen LogP contribution in [0.2, 0.25) is 0 Å². The lowest BCUT2D eigenvalue weighted by Crippen LogP contribution is -2.25. The summed E-state index contributed by atoms with van der Waals surface area (Å²) in [5.41, 5.74) is 0.683. The van der Waals surface area contributed by atoms with Gasteiger partial charge in [-0.3, -0.25) is 0 Å². The molecule has 190 valence electrons. The third-order valence-electron chi connectivity index (χ3n) is 6.45. The molecular formula is C29H29F3O4. The van der Waals surface area contributed by atoms with Crippen molar-refractivity contribution in [3.05, 3.63) is 83.2 Å². The van der Waals surface area contributed by atoms with E-state index in [-0.39, 0.29) is 17.3 Å². The molecule has 1 saturated carbocycles. The third kappa shape index (κ3) is 5.66. The quantitative estimate of drug-likeness (QED) is 0.303. The molecule has 0 aliphatic heterocycles. The number of rotatable bonds is 8. The lowest BCUT2D eigenvalue weighted by molar-refractivity contribution is 0.0188. The lowest BCUT2D eigenvalue weighted by Gasteiger charge is -2.29. The first kappa shape index (κ1) is 25.6. The van der Waals surface area contributed by atoms with Crippen LogP contribution in [0.15, 0.2) is 54.6 Å². The Balaban J connectivity index is 1.38. The number of carbonyl (C=O) groups excluding carboxylic acids is 1. The lowest BCUT2D eigenvalue weighted by atomic mass is 9.82. The minimum absolute atomic E-state index is 0.00166. The summed E-state index contributed by atoms with van der Waals surface area (Å²) in [5.74, 6) is -2.45. The van der Waals surface area contributed by atoms with Crippen molar-refractivity contribution in [2.45, 2.75) is 51.6 Å². The topological polar surface area (TPSA) is 44.8 Å². The van der Waals surface area contributed by atoms with Crippen LogP contribution in [0.1, 0.15) is 61.4 Å². The van der Waals surface area contributed by atoms with Crippen LogP contribution in [0.5, 0.6) is 11.5 Å². The van der Waals surface area contributed by atoms with Gasteiger partial charge in [-0.1, -0.05) is 24.3 Å². The second-order valence-corrected chi connectivity index (χ2v) is 8.74. The Hall–Kier alpha value is -3.48. The Bertz CT molecular complexity index is 1200. The Kier molecular flexibility index (Phi) is 8.18. The summed E-state index contributed by atoms with van der Waals surface area (Å²) >= 11 is 0. The van der Waals surface area contributed by atoms with Crippen LogP contribution < -0.4 is 9.47 Å². The number of hydrogen-bond donors (Lipinski definition) is 0. The SMILES string of the molecule is CCOc1ccc(-c2ccc(C(=O)OC3CCC(c4ccc(OCC)cc4F)CC3)c(F)c2F)cc1. The maximum Gasteiger partial charge on any atom is 0.341 e. The van der Waals surface area contributed by atoms with Gasteiger partial charge in [0.2, 0.25) is 0 Å². The second-order valence-electron chi connectivity index (χ2n) is 8.74. The molecule has 3 aromatic rings. The first-order valence-corrected chi connectivity index (χ1v) is 12.3. The zero-order chi connectivity index (χ0) is 25.7. The molecule has 0 spiro atoms.